The number of methoxy groups -OCH3 is 1. The van der Waals surface area contributed by atoms with Crippen molar-refractivity contribution in [2.45, 2.75) is 11.6 Å². The molecule has 1 N–H and O–H groups in total. The van der Waals surface area contributed by atoms with Crippen LogP contribution in [0.25, 0.3) is 0 Å². The van der Waals surface area contributed by atoms with Gasteiger partial charge in [0, 0.05) is 10.0 Å². The van der Waals surface area contributed by atoms with Gasteiger partial charge in [-0.2, -0.15) is 0 Å². The van der Waals surface area contributed by atoms with Crippen molar-refractivity contribution in [1.29, 1.82) is 0 Å². The zero-order valence-corrected chi connectivity index (χ0v) is 19.9. The van der Waals surface area contributed by atoms with Crippen molar-refractivity contribution in [2.75, 3.05) is 12.0 Å². The normalized spacial score (nSPS) is 22.9. The number of anilines is 1. The highest BCUT2D eigenvalue weighted by molar-refractivity contribution is 6.31. The molecule has 0 saturated carbocycles. The summed E-state index contributed by atoms with van der Waals surface area (Å²) < 4.78 is 18.6. The lowest BCUT2D eigenvalue weighted by Gasteiger charge is -2.36. The first kappa shape index (κ1) is 23.5. The van der Waals surface area contributed by atoms with E-state index in [9.17, 15) is 18.8 Å². The summed E-state index contributed by atoms with van der Waals surface area (Å²) in [5, 5.41) is 4.26. The molecule has 2 saturated heterocycles. The number of nitrogens with zero attached hydrogens (tertiary/aromatic N) is 1. The lowest BCUT2D eigenvalue weighted by Crippen LogP contribution is -2.51. The highest BCUT2D eigenvalue weighted by Crippen LogP contribution is 2.52. The van der Waals surface area contributed by atoms with Crippen molar-refractivity contribution in [3.8, 4) is 0 Å². The number of carbonyl (C=O) groups excluding carboxylic acids is 3. The molecule has 178 valence electrons. The van der Waals surface area contributed by atoms with E-state index in [2.05, 4.69) is 5.32 Å². The van der Waals surface area contributed by atoms with Gasteiger partial charge in [0.05, 0.1) is 30.2 Å². The van der Waals surface area contributed by atoms with Crippen molar-refractivity contribution >= 4 is 46.7 Å². The highest BCUT2D eigenvalue weighted by Gasteiger charge is 2.68. The number of nitrogens with one attached hydrogen (secondary N) is 1. The molecule has 9 heteroatoms. The van der Waals surface area contributed by atoms with Crippen LogP contribution in [-0.4, -0.2) is 30.9 Å². The van der Waals surface area contributed by atoms with Crippen molar-refractivity contribution in [1.82, 2.24) is 5.32 Å². The average Bonchev–Trinajstić information content (AvgIpc) is 3.35. The van der Waals surface area contributed by atoms with Crippen LogP contribution in [0.15, 0.2) is 72.8 Å². The van der Waals surface area contributed by atoms with Gasteiger partial charge in [-0.15, -0.1) is 0 Å². The summed E-state index contributed by atoms with van der Waals surface area (Å²) in [5.41, 5.74) is 0.209. The standard InChI is InChI=1S/C26H19Cl2FN2O4/c1-35-25(34)22-20-21(24(33)31(23(20)32)19-12-10-18(29)11-13-19)26(30-22,14-2-6-16(27)7-3-14)15-4-8-17(28)9-5-15/h2-13,20-22,30H,1H3/t20-,21-,22-/m1/s1. The van der Waals surface area contributed by atoms with Gasteiger partial charge in [0.25, 0.3) is 0 Å². The Morgan fingerprint density at radius 1 is 0.886 bits per heavy atom. The molecule has 6 nitrogen and oxygen atoms in total. The highest BCUT2D eigenvalue weighted by atomic mass is 35.5. The van der Waals surface area contributed by atoms with Crippen molar-refractivity contribution in [3.63, 3.8) is 0 Å². The van der Waals surface area contributed by atoms with E-state index < -0.39 is 47.0 Å². The van der Waals surface area contributed by atoms with Gasteiger partial charge in [0.15, 0.2) is 0 Å². The van der Waals surface area contributed by atoms with Gasteiger partial charge in [0.2, 0.25) is 11.8 Å². The Kier molecular flexibility index (Phi) is 5.87. The van der Waals surface area contributed by atoms with Gasteiger partial charge in [-0.3, -0.25) is 19.7 Å². The lowest BCUT2D eigenvalue weighted by molar-refractivity contribution is -0.145. The number of amides is 2. The molecule has 3 atom stereocenters. The van der Waals surface area contributed by atoms with E-state index >= 15 is 0 Å². The summed E-state index contributed by atoms with van der Waals surface area (Å²) in [5.74, 6) is -4.33. The average molecular weight is 513 g/mol. The third kappa shape index (κ3) is 3.62. The molecule has 2 heterocycles. The van der Waals surface area contributed by atoms with E-state index in [0.717, 1.165) is 4.90 Å². The van der Waals surface area contributed by atoms with Gasteiger partial charge in [-0.1, -0.05) is 47.5 Å². The Hall–Kier alpha value is -3.26. The molecule has 2 amide bonds. The topological polar surface area (TPSA) is 75.7 Å². The van der Waals surface area contributed by atoms with Crippen molar-refractivity contribution in [3.05, 3.63) is 99.8 Å². The summed E-state index contributed by atoms with van der Waals surface area (Å²) in [6, 6.07) is 17.7. The summed E-state index contributed by atoms with van der Waals surface area (Å²) in [7, 11) is 1.22. The molecule has 3 aromatic carbocycles. The molecule has 0 aliphatic carbocycles. The molecule has 0 aromatic heterocycles. The maximum atomic E-state index is 14.0. The molecule has 0 bridgehead atoms. The predicted molar refractivity (Wildman–Crippen MR) is 128 cm³/mol. The Balaban J connectivity index is 1.75. The number of carbonyl (C=O) groups is 3. The smallest absolute Gasteiger partial charge is 0.323 e. The Labute approximate surface area is 210 Å². The molecular weight excluding hydrogens is 494 g/mol. The minimum Gasteiger partial charge on any atom is -0.468 e. The van der Waals surface area contributed by atoms with Gasteiger partial charge >= 0.3 is 5.97 Å². The fourth-order valence-electron chi connectivity index (χ4n) is 5.20. The summed E-state index contributed by atoms with van der Waals surface area (Å²) in [4.78, 5) is 41.6. The van der Waals surface area contributed by atoms with E-state index in [-0.39, 0.29) is 5.69 Å². The Bertz CT molecular complexity index is 1270. The zero-order valence-electron chi connectivity index (χ0n) is 18.4. The second kappa shape index (κ2) is 8.75. The number of ether oxygens (including phenoxy) is 1. The predicted octanol–water partition coefficient (Wildman–Crippen LogP) is 4.33. The van der Waals surface area contributed by atoms with Gasteiger partial charge in [-0.05, 0) is 59.7 Å². The van der Waals surface area contributed by atoms with E-state index in [0.29, 0.717) is 21.2 Å². The fraction of sp³-hybridized carbons (Fsp3) is 0.192. The van der Waals surface area contributed by atoms with Crippen LogP contribution in [0.5, 0.6) is 0 Å². The van der Waals surface area contributed by atoms with Crippen LogP contribution in [0, 0.1) is 17.7 Å². The molecule has 3 aromatic rings. The lowest BCUT2D eigenvalue weighted by atomic mass is 9.72. The van der Waals surface area contributed by atoms with Crippen molar-refractivity contribution in [2.24, 2.45) is 11.8 Å². The number of hydrogen-bond donors (Lipinski definition) is 1. The Morgan fingerprint density at radius 3 is 1.89 bits per heavy atom. The first-order chi connectivity index (χ1) is 16.8. The third-order valence-corrected chi connectivity index (χ3v) is 7.20. The van der Waals surface area contributed by atoms with Crippen LogP contribution < -0.4 is 10.2 Å². The molecule has 2 aliphatic rings. The minimum atomic E-state index is -1.28. The van der Waals surface area contributed by atoms with Crippen LogP contribution in [0.1, 0.15) is 11.1 Å². The molecule has 35 heavy (non-hydrogen) atoms. The molecular formula is C26H19Cl2FN2O4. The quantitative estimate of drug-likeness (QED) is 0.416. The van der Waals surface area contributed by atoms with E-state index in [1.807, 2.05) is 0 Å². The van der Waals surface area contributed by atoms with Crippen LogP contribution >= 0.6 is 23.2 Å². The maximum Gasteiger partial charge on any atom is 0.323 e. The number of benzene rings is 3. The van der Waals surface area contributed by atoms with Crippen LogP contribution in [-0.2, 0) is 24.7 Å². The van der Waals surface area contributed by atoms with E-state index in [1.54, 1.807) is 48.5 Å². The van der Waals surface area contributed by atoms with Crippen LogP contribution in [0.2, 0.25) is 10.0 Å². The number of rotatable bonds is 4. The van der Waals surface area contributed by atoms with Crippen LogP contribution in [0.3, 0.4) is 0 Å². The largest absolute Gasteiger partial charge is 0.468 e. The SMILES string of the molecule is COC(=O)[C@@H]1NC(c2ccc(Cl)cc2)(c2ccc(Cl)cc2)[C@H]2C(=O)N(c3ccc(F)cc3)C(=O)[C@@H]12. The number of halogens is 3. The van der Waals surface area contributed by atoms with E-state index in [4.69, 9.17) is 27.9 Å². The van der Waals surface area contributed by atoms with Gasteiger partial charge < -0.3 is 4.74 Å². The number of esters is 1. The summed E-state index contributed by atoms with van der Waals surface area (Å²) in [6.07, 6.45) is 0. The summed E-state index contributed by atoms with van der Waals surface area (Å²) in [6.45, 7) is 0. The number of fused-ring (bicyclic) bond motifs is 1. The van der Waals surface area contributed by atoms with Gasteiger partial charge in [0.1, 0.15) is 11.9 Å². The molecule has 0 radical (unpaired) electrons. The van der Waals surface area contributed by atoms with E-state index in [1.165, 1.54) is 31.4 Å². The summed E-state index contributed by atoms with van der Waals surface area (Å²) >= 11 is 12.3. The molecule has 0 unspecified atom stereocenters. The molecule has 2 fully saturated rings. The molecule has 0 spiro atoms. The first-order valence-corrected chi connectivity index (χ1v) is 11.5. The minimum absolute atomic E-state index is 0.223. The molecule has 2 aliphatic heterocycles. The molecule has 5 rings (SSSR count). The van der Waals surface area contributed by atoms with Gasteiger partial charge in [-0.25, -0.2) is 9.29 Å². The zero-order chi connectivity index (χ0) is 24.9. The first-order valence-electron chi connectivity index (χ1n) is 10.8. The fourth-order valence-corrected chi connectivity index (χ4v) is 5.45. The second-order valence-corrected chi connectivity index (χ2v) is 9.33. The maximum absolute atomic E-state index is 14.0. The van der Waals surface area contributed by atoms with Crippen LogP contribution in [0.4, 0.5) is 10.1 Å². The van der Waals surface area contributed by atoms with Crippen molar-refractivity contribution < 1.29 is 23.5 Å². The monoisotopic (exact) mass is 512 g/mol. The third-order valence-electron chi connectivity index (χ3n) is 6.70. The number of hydrogen-bond acceptors (Lipinski definition) is 5. The second-order valence-electron chi connectivity index (χ2n) is 8.46. The number of imide groups is 1. The Morgan fingerprint density at radius 2 is 1.40 bits per heavy atom.